The Morgan fingerprint density at radius 3 is 2.37 bits per heavy atom. The van der Waals surface area contributed by atoms with E-state index in [1.807, 2.05) is 6.07 Å². The number of anilines is 2. The van der Waals surface area contributed by atoms with E-state index in [2.05, 4.69) is 6.92 Å². The number of hydrogen-bond acceptors (Lipinski definition) is 7. The molecule has 0 aromatic heterocycles. The van der Waals surface area contributed by atoms with E-state index in [4.69, 9.17) is 25.7 Å². The molecule has 0 saturated heterocycles. The largest absolute Gasteiger partial charge is 0.462 e. The molecule has 0 heterocycles. The van der Waals surface area contributed by atoms with E-state index in [1.54, 1.807) is 42.5 Å². The number of rotatable bonds is 14. The van der Waals surface area contributed by atoms with Gasteiger partial charge >= 0.3 is 11.9 Å². The molecule has 0 bridgehead atoms. The summed E-state index contributed by atoms with van der Waals surface area (Å²) in [4.78, 5) is 24.7. The van der Waals surface area contributed by atoms with Crippen LogP contribution in [-0.4, -0.2) is 31.3 Å². The van der Waals surface area contributed by atoms with Gasteiger partial charge in [-0.3, -0.25) is 4.79 Å². The first-order chi connectivity index (χ1) is 18.4. The topological polar surface area (TPSA) is 114 Å². The van der Waals surface area contributed by atoms with Gasteiger partial charge in [0.25, 0.3) is 0 Å². The monoisotopic (exact) mass is 522 g/mol. The molecule has 206 valence electrons. The Kier molecular flexibility index (Phi) is 12.2. The first kappa shape index (κ1) is 29.2. The third-order valence-corrected chi connectivity index (χ3v) is 6.91. The molecule has 0 atom stereocenters. The molecule has 1 fully saturated rings. The lowest BCUT2D eigenvalue weighted by Gasteiger charge is -2.27. The van der Waals surface area contributed by atoms with Crippen LogP contribution in [0.4, 0.5) is 11.4 Å². The average Bonchev–Trinajstić information content (AvgIpc) is 2.92. The molecule has 2 aromatic carbocycles. The van der Waals surface area contributed by atoms with Crippen LogP contribution in [0, 0.1) is 5.92 Å². The Bertz CT molecular complexity index is 1040. The molecule has 1 aliphatic rings. The van der Waals surface area contributed by atoms with E-state index in [0.717, 1.165) is 49.8 Å². The number of esters is 2. The number of nitrogens with two attached hydrogens (primary N) is 2. The van der Waals surface area contributed by atoms with E-state index >= 15 is 0 Å². The first-order valence-electron chi connectivity index (χ1n) is 13.9. The standard InChI is InChI=1S/C31H42N2O5/c1-2-3-4-5-6-20-36-27-16-11-25(12-17-27)31(35)38-28-14-7-23(8-15-28)9-18-30(34)37-21-19-24-10-13-26(32)22-29(24)33/h7-10,13-15,18,22,25,27H,2-6,11-12,16-17,19-21,32-33H2,1H3/b18-9+. The second-order valence-electron chi connectivity index (χ2n) is 9.96. The molecule has 0 amide bonds. The molecule has 4 N–H and O–H groups in total. The molecule has 1 saturated carbocycles. The highest BCUT2D eigenvalue weighted by Gasteiger charge is 2.28. The fourth-order valence-electron chi connectivity index (χ4n) is 4.58. The summed E-state index contributed by atoms with van der Waals surface area (Å²) in [6.45, 7) is 3.26. The summed E-state index contributed by atoms with van der Waals surface area (Å²) in [5.74, 6) is -0.208. The van der Waals surface area contributed by atoms with Crippen LogP contribution in [-0.2, 0) is 25.5 Å². The average molecular weight is 523 g/mol. The third-order valence-electron chi connectivity index (χ3n) is 6.91. The minimum Gasteiger partial charge on any atom is -0.462 e. The van der Waals surface area contributed by atoms with E-state index in [0.29, 0.717) is 23.5 Å². The van der Waals surface area contributed by atoms with Crippen molar-refractivity contribution in [2.45, 2.75) is 77.2 Å². The van der Waals surface area contributed by atoms with Gasteiger partial charge in [0.2, 0.25) is 0 Å². The molecule has 0 aliphatic heterocycles. The van der Waals surface area contributed by atoms with Gasteiger partial charge in [0.1, 0.15) is 5.75 Å². The lowest BCUT2D eigenvalue weighted by molar-refractivity contribution is -0.141. The van der Waals surface area contributed by atoms with Crippen molar-refractivity contribution in [2.24, 2.45) is 5.92 Å². The van der Waals surface area contributed by atoms with Crippen molar-refractivity contribution in [3.05, 3.63) is 59.7 Å². The minimum atomic E-state index is -0.439. The van der Waals surface area contributed by atoms with Crippen molar-refractivity contribution < 1.29 is 23.8 Å². The van der Waals surface area contributed by atoms with Crippen LogP contribution in [0.25, 0.3) is 6.08 Å². The van der Waals surface area contributed by atoms with Gasteiger partial charge in [-0.15, -0.1) is 0 Å². The van der Waals surface area contributed by atoms with Crippen molar-refractivity contribution in [1.29, 1.82) is 0 Å². The van der Waals surface area contributed by atoms with Crippen LogP contribution in [0.3, 0.4) is 0 Å². The number of hydrogen-bond donors (Lipinski definition) is 2. The minimum absolute atomic E-state index is 0.0858. The Hall–Kier alpha value is -3.32. The molecule has 3 rings (SSSR count). The number of benzene rings is 2. The Labute approximate surface area is 226 Å². The molecule has 2 aromatic rings. The summed E-state index contributed by atoms with van der Waals surface area (Å²) in [6.07, 6.45) is 13.4. The predicted octanol–water partition coefficient (Wildman–Crippen LogP) is 6.10. The Morgan fingerprint density at radius 1 is 0.921 bits per heavy atom. The van der Waals surface area contributed by atoms with Crippen molar-refractivity contribution in [2.75, 3.05) is 24.7 Å². The first-order valence-corrected chi connectivity index (χ1v) is 13.9. The molecule has 0 unspecified atom stereocenters. The maximum absolute atomic E-state index is 12.6. The van der Waals surface area contributed by atoms with Gasteiger partial charge in [0.15, 0.2) is 0 Å². The number of nitrogen functional groups attached to an aromatic ring is 2. The van der Waals surface area contributed by atoms with Crippen molar-refractivity contribution in [3.8, 4) is 5.75 Å². The van der Waals surface area contributed by atoms with Gasteiger partial charge in [-0.1, -0.05) is 50.8 Å². The van der Waals surface area contributed by atoms with E-state index < -0.39 is 5.97 Å². The highest BCUT2D eigenvalue weighted by atomic mass is 16.5. The maximum atomic E-state index is 12.6. The third kappa shape index (κ3) is 10.2. The van der Waals surface area contributed by atoms with Crippen LogP contribution in [0.2, 0.25) is 0 Å². The molecular formula is C31H42N2O5. The van der Waals surface area contributed by atoms with E-state index in [-0.39, 0.29) is 24.6 Å². The molecule has 7 nitrogen and oxygen atoms in total. The molecule has 1 aliphatic carbocycles. The van der Waals surface area contributed by atoms with E-state index in [1.165, 1.54) is 31.8 Å². The Balaban J connectivity index is 1.33. The van der Waals surface area contributed by atoms with Crippen molar-refractivity contribution in [3.63, 3.8) is 0 Å². The van der Waals surface area contributed by atoms with Crippen LogP contribution in [0.1, 0.15) is 75.8 Å². The molecule has 7 heteroatoms. The molecule has 0 spiro atoms. The highest BCUT2D eigenvalue weighted by molar-refractivity contribution is 5.87. The second-order valence-corrected chi connectivity index (χ2v) is 9.96. The number of carbonyl (C=O) groups is 2. The number of ether oxygens (including phenoxy) is 3. The van der Waals surface area contributed by atoms with Gasteiger partial charge in [-0.05, 0) is 73.6 Å². The van der Waals surface area contributed by atoms with Gasteiger partial charge in [-0.2, -0.15) is 0 Å². The van der Waals surface area contributed by atoms with Crippen LogP contribution in [0.5, 0.6) is 5.75 Å². The fourth-order valence-corrected chi connectivity index (χ4v) is 4.58. The van der Waals surface area contributed by atoms with Gasteiger partial charge in [0.05, 0.1) is 18.6 Å². The lowest BCUT2D eigenvalue weighted by Crippen LogP contribution is -2.29. The maximum Gasteiger partial charge on any atom is 0.330 e. The number of unbranched alkanes of at least 4 members (excludes halogenated alkanes) is 4. The quantitative estimate of drug-likeness (QED) is 0.101. The fraction of sp³-hybridized carbons (Fsp3) is 0.484. The smallest absolute Gasteiger partial charge is 0.330 e. The Morgan fingerprint density at radius 2 is 1.66 bits per heavy atom. The lowest BCUT2D eigenvalue weighted by atomic mass is 9.87. The second kappa shape index (κ2) is 15.8. The summed E-state index contributed by atoms with van der Waals surface area (Å²) in [6, 6.07) is 12.4. The SMILES string of the molecule is CCCCCCCOC1CCC(C(=O)Oc2ccc(/C=C/C(=O)OCCc3ccc(N)cc3N)cc2)CC1. The van der Waals surface area contributed by atoms with Crippen molar-refractivity contribution >= 4 is 29.4 Å². The highest BCUT2D eigenvalue weighted by Crippen LogP contribution is 2.28. The normalized spacial score (nSPS) is 17.4. The number of carbonyl (C=O) groups excluding carboxylic acids is 2. The predicted molar refractivity (Wildman–Crippen MR) is 151 cm³/mol. The van der Waals surface area contributed by atoms with Gasteiger partial charge < -0.3 is 25.7 Å². The molecule has 38 heavy (non-hydrogen) atoms. The van der Waals surface area contributed by atoms with Crippen LogP contribution < -0.4 is 16.2 Å². The van der Waals surface area contributed by atoms with Gasteiger partial charge in [0, 0.05) is 30.5 Å². The van der Waals surface area contributed by atoms with Crippen LogP contribution >= 0.6 is 0 Å². The van der Waals surface area contributed by atoms with Gasteiger partial charge in [-0.25, -0.2) is 4.79 Å². The zero-order chi connectivity index (χ0) is 27.2. The van der Waals surface area contributed by atoms with Crippen molar-refractivity contribution in [1.82, 2.24) is 0 Å². The van der Waals surface area contributed by atoms with Crippen LogP contribution in [0.15, 0.2) is 48.5 Å². The summed E-state index contributed by atoms with van der Waals surface area (Å²) < 4.78 is 16.9. The molecule has 0 radical (unpaired) electrons. The van der Waals surface area contributed by atoms with E-state index in [9.17, 15) is 9.59 Å². The zero-order valence-corrected chi connectivity index (χ0v) is 22.5. The zero-order valence-electron chi connectivity index (χ0n) is 22.5. The molecular weight excluding hydrogens is 480 g/mol. The summed E-state index contributed by atoms with van der Waals surface area (Å²) in [5.41, 5.74) is 14.5. The summed E-state index contributed by atoms with van der Waals surface area (Å²) in [7, 11) is 0. The summed E-state index contributed by atoms with van der Waals surface area (Å²) >= 11 is 0. The summed E-state index contributed by atoms with van der Waals surface area (Å²) in [5, 5.41) is 0.